The van der Waals surface area contributed by atoms with Crippen LogP contribution in [-0.4, -0.2) is 16.4 Å². The maximum atomic E-state index is 12.7. The van der Waals surface area contributed by atoms with Gasteiger partial charge in [-0.1, -0.05) is 88.7 Å². The molecule has 0 aromatic carbocycles. The molecule has 3 unspecified atom stereocenters. The Bertz CT molecular complexity index is 1040. The zero-order valence-electron chi connectivity index (χ0n) is 23.3. The summed E-state index contributed by atoms with van der Waals surface area (Å²) in [5.74, 6) is 4.57. The molecule has 3 nitrogen and oxygen atoms in total. The highest BCUT2D eigenvalue weighted by Gasteiger charge is 2.59. The molecule has 5 rings (SSSR count). The highest BCUT2D eigenvalue weighted by Crippen LogP contribution is 2.67. The van der Waals surface area contributed by atoms with Crippen LogP contribution >= 0.6 is 34.7 Å². The van der Waals surface area contributed by atoms with Gasteiger partial charge in [-0.25, -0.2) is 4.79 Å². The largest absolute Gasteiger partial charge is 0.457 e. The van der Waals surface area contributed by atoms with Gasteiger partial charge in [0, 0.05) is 6.42 Å². The van der Waals surface area contributed by atoms with E-state index in [2.05, 4.69) is 45.1 Å². The first-order valence-electron chi connectivity index (χ1n) is 14.8. The Morgan fingerprint density at radius 3 is 2.59 bits per heavy atom. The summed E-state index contributed by atoms with van der Waals surface area (Å²) in [5.41, 5.74) is 2.44. The van der Waals surface area contributed by atoms with Crippen molar-refractivity contribution in [2.24, 2.45) is 46.3 Å². The van der Waals surface area contributed by atoms with Gasteiger partial charge in [0.25, 0.3) is 0 Å². The first-order chi connectivity index (χ1) is 17.5. The van der Waals surface area contributed by atoms with Gasteiger partial charge in [0.1, 0.15) is 15.5 Å². The molecule has 0 spiro atoms. The number of esters is 1. The number of hydrogen-bond donors (Lipinski definition) is 0. The van der Waals surface area contributed by atoms with Crippen molar-refractivity contribution < 1.29 is 9.53 Å². The number of carbonyl (C=O) groups excluding carboxylic acids is 1. The number of rotatable bonds is 7. The van der Waals surface area contributed by atoms with Gasteiger partial charge in [-0.15, -0.1) is 0 Å². The molecule has 0 radical (unpaired) electrons. The van der Waals surface area contributed by atoms with Crippen molar-refractivity contribution in [1.29, 1.82) is 0 Å². The van der Waals surface area contributed by atoms with E-state index in [4.69, 9.17) is 27.9 Å². The number of fused-ring (bicyclic) bond motifs is 5. The lowest BCUT2D eigenvalue weighted by atomic mass is 9.47. The minimum atomic E-state index is -0.441. The summed E-state index contributed by atoms with van der Waals surface area (Å²) in [5, 5.41) is 0.214. The molecule has 37 heavy (non-hydrogen) atoms. The molecule has 0 aliphatic heterocycles. The third kappa shape index (κ3) is 5.06. The Balaban J connectivity index is 1.26. The number of halogens is 2. The van der Waals surface area contributed by atoms with Crippen molar-refractivity contribution in [3.8, 4) is 0 Å². The first-order valence-corrected chi connectivity index (χ1v) is 16.3. The molecule has 3 fully saturated rings. The van der Waals surface area contributed by atoms with Crippen molar-refractivity contribution in [2.75, 3.05) is 0 Å². The Labute approximate surface area is 238 Å². The molecule has 8 atom stereocenters. The van der Waals surface area contributed by atoms with Gasteiger partial charge in [0.2, 0.25) is 0 Å². The van der Waals surface area contributed by atoms with Gasteiger partial charge < -0.3 is 4.74 Å². The average Bonchev–Trinajstić information content (AvgIpc) is 3.37. The van der Waals surface area contributed by atoms with Gasteiger partial charge in [-0.2, -0.15) is 4.37 Å². The van der Waals surface area contributed by atoms with Gasteiger partial charge in [-0.3, -0.25) is 0 Å². The second kappa shape index (κ2) is 10.8. The summed E-state index contributed by atoms with van der Waals surface area (Å²) in [7, 11) is 0. The van der Waals surface area contributed by atoms with Gasteiger partial charge in [0.05, 0.1) is 0 Å². The van der Waals surface area contributed by atoms with Gasteiger partial charge >= 0.3 is 5.97 Å². The Morgan fingerprint density at radius 1 is 1.11 bits per heavy atom. The van der Waals surface area contributed by atoms with Crippen molar-refractivity contribution in [3.05, 3.63) is 26.7 Å². The number of ether oxygens (including phenoxy) is 1. The zero-order valence-corrected chi connectivity index (χ0v) is 25.7. The van der Waals surface area contributed by atoms with E-state index in [-0.39, 0.29) is 22.2 Å². The molecule has 0 bridgehead atoms. The summed E-state index contributed by atoms with van der Waals surface area (Å²) in [6.45, 7) is 12.5. The lowest BCUT2D eigenvalue weighted by molar-refractivity contribution is -0.0595. The molecule has 4 aliphatic carbocycles. The number of aromatic nitrogens is 1. The molecule has 1 aromatic heterocycles. The molecule has 1 heterocycles. The normalized spacial score (nSPS) is 37.9. The topological polar surface area (TPSA) is 39.2 Å². The first kappa shape index (κ1) is 28.0. The van der Waals surface area contributed by atoms with Crippen molar-refractivity contribution >= 4 is 40.7 Å². The average molecular weight is 567 g/mol. The molecule has 206 valence electrons. The highest BCUT2D eigenvalue weighted by molar-refractivity contribution is 7.11. The molecule has 6 heteroatoms. The summed E-state index contributed by atoms with van der Waals surface area (Å²) >= 11 is 13.2. The predicted molar refractivity (Wildman–Crippen MR) is 154 cm³/mol. The molecular formula is C31H45Cl2NO2S. The SMILES string of the molecule is CC(C)CCC[C@@H](C)[C@H]1CCC2C3CC=C4C[C@@H](OC(=O)c5nsc(Cl)c5Cl)CC[C@]4(C)C3CC[C@@]21C. The number of hydrogen-bond acceptors (Lipinski definition) is 4. The molecule has 0 N–H and O–H groups in total. The maximum Gasteiger partial charge on any atom is 0.359 e. The van der Waals surface area contributed by atoms with Crippen LogP contribution in [0.4, 0.5) is 0 Å². The Kier molecular flexibility index (Phi) is 8.14. The molecule has 3 saturated carbocycles. The van der Waals surface area contributed by atoms with E-state index in [9.17, 15) is 4.79 Å². The number of nitrogens with zero attached hydrogens (tertiary/aromatic N) is 1. The van der Waals surface area contributed by atoms with Crippen LogP contribution in [-0.2, 0) is 4.74 Å². The molecule has 4 aliphatic rings. The van der Waals surface area contributed by atoms with E-state index in [0.29, 0.717) is 9.75 Å². The van der Waals surface area contributed by atoms with E-state index < -0.39 is 5.97 Å². The molecule has 1 aromatic rings. The Hall–Kier alpha value is -0.580. The molecule has 0 amide bonds. The lowest BCUT2D eigenvalue weighted by Gasteiger charge is -2.58. The summed E-state index contributed by atoms with van der Waals surface area (Å²) in [6, 6.07) is 0. The quantitative estimate of drug-likeness (QED) is 0.244. The van der Waals surface area contributed by atoms with Crippen LogP contribution in [0.3, 0.4) is 0 Å². The maximum absolute atomic E-state index is 12.7. The third-order valence-electron chi connectivity index (χ3n) is 11.3. The summed E-state index contributed by atoms with van der Waals surface area (Å²) in [6.07, 6.45) is 16.3. The van der Waals surface area contributed by atoms with E-state index in [0.717, 1.165) is 66.3 Å². The fourth-order valence-electron chi connectivity index (χ4n) is 9.35. The van der Waals surface area contributed by atoms with E-state index >= 15 is 0 Å². The van der Waals surface area contributed by atoms with Crippen molar-refractivity contribution in [2.45, 2.75) is 111 Å². The lowest BCUT2D eigenvalue weighted by Crippen LogP contribution is -2.51. The van der Waals surface area contributed by atoms with Crippen molar-refractivity contribution in [3.63, 3.8) is 0 Å². The van der Waals surface area contributed by atoms with Gasteiger partial charge in [0.15, 0.2) is 5.69 Å². The summed E-state index contributed by atoms with van der Waals surface area (Å²) < 4.78 is 10.3. The highest BCUT2D eigenvalue weighted by atomic mass is 35.5. The van der Waals surface area contributed by atoms with E-state index in [1.807, 2.05) is 0 Å². The van der Waals surface area contributed by atoms with Gasteiger partial charge in [-0.05, 0) is 103 Å². The smallest absolute Gasteiger partial charge is 0.359 e. The predicted octanol–water partition coefficient (Wildman–Crippen LogP) is 10.0. The van der Waals surface area contributed by atoms with Crippen LogP contribution in [0.2, 0.25) is 9.36 Å². The van der Waals surface area contributed by atoms with Crippen LogP contribution in [0.5, 0.6) is 0 Å². The van der Waals surface area contributed by atoms with E-state index in [1.54, 1.807) is 0 Å². The number of allylic oxidation sites excluding steroid dienone is 1. The fraction of sp³-hybridized carbons (Fsp3) is 0.806. The van der Waals surface area contributed by atoms with Crippen LogP contribution in [0.1, 0.15) is 116 Å². The van der Waals surface area contributed by atoms with E-state index in [1.165, 1.54) is 56.9 Å². The second-order valence-electron chi connectivity index (χ2n) is 13.7. The van der Waals surface area contributed by atoms with Crippen LogP contribution in [0, 0.1) is 46.3 Å². The van der Waals surface area contributed by atoms with Crippen LogP contribution in [0.25, 0.3) is 0 Å². The third-order valence-corrected chi connectivity index (χ3v) is 12.9. The monoisotopic (exact) mass is 565 g/mol. The second-order valence-corrected chi connectivity index (χ2v) is 15.4. The molecular weight excluding hydrogens is 521 g/mol. The minimum absolute atomic E-state index is 0.101. The van der Waals surface area contributed by atoms with Crippen LogP contribution < -0.4 is 0 Å². The summed E-state index contributed by atoms with van der Waals surface area (Å²) in [4.78, 5) is 12.7. The fourth-order valence-corrected chi connectivity index (χ4v) is 10.3. The zero-order chi connectivity index (χ0) is 26.5. The standard InChI is InChI=1S/C31H45Cl2NO2S/c1-18(2)7-6-8-19(3)23-11-12-24-22-10-9-20-17-21(36-29(35)27-26(32)28(33)37-34-27)13-15-30(20,4)25(22)14-16-31(23,24)5/h9,18-19,21-25H,6-8,10-17H2,1-5H3/t19-,21+,22?,23-,24?,25?,30+,31-/m1/s1. The minimum Gasteiger partial charge on any atom is -0.457 e. The number of carbonyl (C=O) groups is 1. The van der Waals surface area contributed by atoms with Crippen molar-refractivity contribution in [1.82, 2.24) is 4.37 Å². The van der Waals surface area contributed by atoms with Crippen LogP contribution in [0.15, 0.2) is 11.6 Å². The Morgan fingerprint density at radius 2 is 1.89 bits per heavy atom. The molecule has 0 saturated heterocycles.